The van der Waals surface area contributed by atoms with Crippen LogP contribution in [-0.2, 0) is 6.54 Å². The van der Waals surface area contributed by atoms with Crippen molar-refractivity contribution in [3.8, 4) is 0 Å². The van der Waals surface area contributed by atoms with Gasteiger partial charge in [0.1, 0.15) is 0 Å². The van der Waals surface area contributed by atoms with E-state index < -0.39 is 23.2 Å². The summed E-state index contributed by atoms with van der Waals surface area (Å²) in [6.07, 6.45) is -0.226. The molecule has 14 heavy (non-hydrogen) atoms. The lowest BCUT2D eigenvalue weighted by molar-refractivity contribution is 0.174. The van der Waals surface area contributed by atoms with Crippen LogP contribution in [0.1, 0.15) is 0 Å². The van der Waals surface area contributed by atoms with Gasteiger partial charge in [-0.15, -0.1) is 11.6 Å². The molecular weight excluding hydrogens is 215 g/mol. The first-order valence-corrected chi connectivity index (χ1v) is 4.31. The van der Waals surface area contributed by atoms with Gasteiger partial charge in [0, 0.05) is 0 Å². The Bertz CT molecular complexity index is 428. The fraction of sp³-hybridized carbons (Fsp3) is 0.429. The first kappa shape index (κ1) is 10.9. The van der Waals surface area contributed by atoms with Gasteiger partial charge in [-0.3, -0.25) is 14.3 Å². The first-order chi connectivity index (χ1) is 6.54. The van der Waals surface area contributed by atoms with Crippen molar-refractivity contribution < 1.29 is 9.50 Å². The Morgan fingerprint density at radius 2 is 2.29 bits per heavy atom. The summed E-state index contributed by atoms with van der Waals surface area (Å²) in [5, 5.41) is 9.09. The molecule has 1 aromatic rings. The van der Waals surface area contributed by atoms with Gasteiger partial charge in [-0.2, -0.15) is 4.39 Å². The van der Waals surface area contributed by atoms with E-state index in [4.69, 9.17) is 16.7 Å². The van der Waals surface area contributed by atoms with E-state index in [1.54, 1.807) is 4.98 Å². The Morgan fingerprint density at radius 1 is 1.64 bits per heavy atom. The molecule has 0 aliphatic carbocycles. The summed E-state index contributed by atoms with van der Waals surface area (Å²) >= 11 is 5.29. The third-order valence-electron chi connectivity index (χ3n) is 1.55. The SMILES string of the molecule is O=c1[nH]c(=O)n(C[C@@H](O)CCl)cc1F. The van der Waals surface area contributed by atoms with E-state index in [9.17, 15) is 14.0 Å². The molecule has 0 saturated carbocycles. The number of nitrogens with zero attached hydrogens (tertiary/aromatic N) is 1. The number of hydrogen-bond donors (Lipinski definition) is 2. The van der Waals surface area contributed by atoms with Crippen molar-refractivity contribution in [2.45, 2.75) is 12.6 Å². The van der Waals surface area contributed by atoms with Gasteiger partial charge in [0.25, 0.3) is 5.56 Å². The summed E-state index contributed by atoms with van der Waals surface area (Å²) in [5.41, 5.74) is -1.85. The Balaban J connectivity index is 3.04. The summed E-state index contributed by atoms with van der Waals surface area (Å²) in [5.74, 6) is -1.15. The van der Waals surface area contributed by atoms with Crippen LogP contribution in [0.15, 0.2) is 15.8 Å². The number of rotatable bonds is 3. The average Bonchev–Trinajstić information content (AvgIpc) is 2.14. The van der Waals surface area contributed by atoms with Gasteiger partial charge < -0.3 is 5.11 Å². The van der Waals surface area contributed by atoms with Crippen molar-refractivity contribution in [2.24, 2.45) is 0 Å². The van der Waals surface area contributed by atoms with Crippen LogP contribution in [0, 0.1) is 5.82 Å². The van der Waals surface area contributed by atoms with Gasteiger partial charge in [0.05, 0.1) is 24.7 Å². The summed E-state index contributed by atoms with van der Waals surface area (Å²) in [6.45, 7) is -0.157. The largest absolute Gasteiger partial charge is 0.390 e. The minimum Gasteiger partial charge on any atom is -0.390 e. The van der Waals surface area contributed by atoms with Crippen molar-refractivity contribution in [1.29, 1.82) is 0 Å². The number of aromatic amines is 1. The molecule has 2 N–H and O–H groups in total. The molecule has 1 rings (SSSR count). The van der Waals surface area contributed by atoms with Gasteiger partial charge in [0.15, 0.2) is 0 Å². The fourth-order valence-corrected chi connectivity index (χ4v) is 0.992. The predicted molar refractivity (Wildman–Crippen MR) is 48.0 cm³/mol. The molecule has 0 bridgehead atoms. The standard InChI is InChI=1S/C7H8ClFN2O3/c8-1-4(12)2-11-3-5(9)6(13)10-7(11)14/h3-4,12H,1-2H2,(H,10,13,14)/t4-/m0/s1. The van der Waals surface area contributed by atoms with Crippen molar-refractivity contribution in [3.05, 3.63) is 32.9 Å². The zero-order valence-electron chi connectivity index (χ0n) is 7.04. The molecule has 5 nitrogen and oxygen atoms in total. The van der Waals surface area contributed by atoms with Gasteiger partial charge in [-0.05, 0) is 0 Å². The van der Waals surface area contributed by atoms with E-state index in [1.807, 2.05) is 0 Å². The normalized spacial score (nSPS) is 12.8. The zero-order chi connectivity index (χ0) is 10.7. The molecule has 0 aliphatic heterocycles. The minimum absolute atomic E-state index is 0.0762. The lowest BCUT2D eigenvalue weighted by Crippen LogP contribution is -2.34. The molecular formula is C7H8ClFN2O3. The van der Waals surface area contributed by atoms with Gasteiger partial charge >= 0.3 is 5.69 Å². The molecule has 7 heteroatoms. The Morgan fingerprint density at radius 3 is 2.86 bits per heavy atom. The maximum Gasteiger partial charge on any atom is 0.328 e. The zero-order valence-corrected chi connectivity index (χ0v) is 7.79. The summed E-state index contributed by atoms with van der Waals surface area (Å²) in [4.78, 5) is 23.4. The highest BCUT2D eigenvalue weighted by Gasteiger charge is 2.07. The van der Waals surface area contributed by atoms with Gasteiger partial charge in [0.2, 0.25) is 5.82 Å². The van der Waals surface area contributed by atoms with Crippen molar-refractivity contribution >= 4 is 11.6 Å². The highest BCUT2D eigenvalue weighted by atomic mass is 35.5. The number of halogens is 2. The second kappa shape index (κ2) is 4.39. The van der Waals surface area contributed by atoms with E-state index in [0.717, 1.165) is 10.8 Å². The topological polar surface area (TPSA) is 75.1 Å². The molecule has 0 aliphatic rings. The molecule has 0 spiro atoms. The third kappa shape index (κ3) is 2.43. The third-order valence-corrected chi connectivity index (χ3v) is 1.91. The van der Waals surface area contributed by atoms with Crippen LogP contribution in [-0.4, -0.2) is 26.6 Å². The van der Waals surface area contributed by atoms with Gasteiger partial charge in [-0.1, -0.05) is 0 Å². The predicted octanol–water partition coefficient (Wildman–Crippen LogP) is -0.725. The highest BCUT2D eigenvalue weighted by molar-refractivity contribution is 6.18. The van der Waals surface area contributed by atoms with Crippen LogP contribution in [0.4, 0.5) is 4.39 Å². The van der Waals surface area contributed by atoms with Crippen molar-refractivity contribution in [3.63, 3.8) is 0 Å². The van der Waals surface area contributed by atoms with E-state index in [-0.39, 0.29) is 12.4 Å². The average molecular weight is 223 g/mol. The quantitative estimate of drug-likeness (QED) is 0.663. The number of hydrogen-bond acceptors (Lipinski definition) is 3. The molecule has 78 valence electrons. The molecule has 1 heterocycles. The van der Waals surface area contributed by atoms with E-state index in [0.29, 0.717) is 0 Å². The molecule has 1 aromatic heterocycles. The second-order valence-corrected chi connectivity index (χ2v) is 3.01. The van der Waals surface area contributed by atoms with Crippen LogP contribution in [0.5, 0.6) is 0 Å². The van der Waals surface area contributed by atoms with Crippen molar-refractivity contribution in [1.82, 2.24) is 9.55 Å². The molecule has 0 unspecified atom stereocenters. The van der Waals surface area contributed by atoms with E-state index >= 15 is 0 Å². The molecule has 0 saturated heterocycles. The number of nitrogens with one attached hydrogen (secondary N) is 1. The number of aliphatic hydroxyl groups is 1. The van der Waals surface area contributed by atoms with E-state index in [1.165, 1.54) is 0 Å². The second-order valence-electron chi connectivity index (χ2n) is 2.70. The molecule has 0 aromatic carbocycles. The van der Waals surface area contributed by atoms with Crippen LogP contribution < -0.4 is 11.2 Å². The minimum atomic E-state index is -1.08. The van der Waals surface area contributed by atoms with Crippen LogP contribution in [0.25, 0.3) is 0 Å². The van der Waals surface area contributed by atoms with Crippen LogP contribution in [0.3, 0.4) is 0 Å². The smallest absolute Gasteiger partial charge is 0.328 e. The lowest BCUT2D eigenvalue weighted by atomic mass is 10.4. The Hall–Kier alpha value is -1.14. The Labute approximate surface area is 82.8 Å². The van der Waals surface area contributed by atoms with Crippen molar-refractivity contribution in [2.75, 3.05) is 5.88 Å². The number of H-pyrrole nitrogens is 1. The highest BCUT2D eigenvalue weighted by Crippen LogP contribution is 1.92. The number of aliphatic hydroxyl groups excluding tert-OH is 1. The number of alkyl halides is 1. The molecule has 0 radical (unpaired) electrons. The van der Waals surface area contributed by atoms with Gasteiger partial charge in [-0.25, -0.2) is 4.79 Å². The summed E-state index contributed by atoms with van der Waals surface area (Å²) < 4.78 is 13.5. The molecule has 0 fully saturated rings. The number of aromatic nitrogens is 2. The molecule has 0 amide bonds. The summed E-state index contributed by atoms with van der Waals surface area (Å²) in [7, 11) is 0. The molecule has 1 atom stereocenters. The first-order valence-electron chi connectivity index (χ1n) is 3.78. The summed E-state index contributed by atoms with van der Waals surface area (Å²) in [6, 6.07) is 0. The monoisotopic (exact) mass is 222 g/mol. The maximum absolute atomic E-state index is 12.7. The maximum atomic E-state index is 12.7. The van der Waals surface area contributed by atoms with E-state index in [2.05, 4.69) is 0 Å². The lowest BCUT2D eigenvalue weighted by Gasteiger charge is -2.08. The van der Waals surface area contributed by atoms with Crippen LogP contribution in [0.2, 0.25) is 0 Å². The van der Waals surface area contributed by atoms with Crippen LogP contribution >= 0.6 is 11.6 Å². The Kier molecular flexibility index (Phi) is 3.43. The fourth-order valence-electron chi connectivity index (χ4n) is 0.894.